The Kier molecular flexibility index (Phi) is 7.70. The van der Waals surface area contributed by atoms with E-state index in [1.165, 1.54) is 0 Å². The number of oxime groups is 1. The van der Waals surface area contributed by atoms with Gasteiger partial charge in [0, 0.05) is 5.56 Å². The van der Waals surface area contributed by atoms with Crippen molar-refractivity contribution >= 4 is 41.0 Å². The highest BCUT2D eigenvalue weighted by molar-refractivity contribution is 6.57. The normalized spacial score (nSPS) is 11.0. The number of nitrogens with zero attached hydrogens (tertiary/aromatic N) is 1. The van der Waals surface area contributed by atoms with Crippen LogP contribution in [0.15, 0.2) is 52.1 Å². The van der Waals surface area contributed by atoms with Gasteiger partial charge < -0.3 is 14.7 Å². The number of carboxylic acids is 1. The summed E-state index contributed by atoms with van der Waals surface area (Å²) < 4.78 is 6.06. The standard InChI is InChI=1S/C20H19Cl2NO4/c1-3-27-23-19(20(24)25)16-7-5-4-6-15(16)12-26-17-9-8-14(10-13(17)2)11-18(21)22/h4-11H,3,12H2,1-2H3,(H,24,25). The van der Waals surface area contributed by atoms with Gasteiger partial charge in [0.1, 0.15) is 23.5 Å². The molecule has 27 heavy (non-hydrogen) atoms. The molecule has 0 saturated heterocycles. The predicted molar refractivity (Wildman–Crippen MR) is 107 cm³/mol. The number of hydrogen-bond acceptors (Lipinski definition) is 4. The molecule has 2 aromatic rings. The average Bonchev–Trinajstić information content (AvgIpc) is 2.61. The van der Waals surface area contributed by atoms with Crippen LogP contribution in [0.5, 0.6) is 5.75 Å². The second-order valence-electron chi connectivity index (χ2n) is 5.57. The number of rotatable bonds is 8. The molecule has 0 amide bonds. The highest BCUT2D eigenvalue weighted by atomic mass is 35.5. The van der Waals surface area contributed by atoms with E-state index in [9.17, 15) is 9.90 Å². The zero-order valence-corrected chi connectivity index (χ0v) is 16.4. The molecule has 0 aliphatic heterocycles. The van der Waals surface area contributed by atoms with Gasteiger partial charge in [-0.3, -0.25) is 0 Å². The van der Waals surface area contributed by atoms with Crippen LogP contribution in [0.3, 0.4) is 0 Å². The molecule has 0 aliphatic carbocycles. The highest BCUT2D eigenvalue weighted by Gasteiger charge is 2.17. The molecule has 0 bridgehead atoms. The smallest absolute Gasteiger partial charge is 0.358 e. The molecule has 5 nitrogen and oxygen atoms in total. The molecule has 2 rings (SSSR count). The maximum atomic E-state index is 11.5. The van der Waals surface area contributed by atoms with Crippen molar-refractivity contribution < 1.29 is 19.5 Å². The largest absolute Gasteiger partial charge is 0.489 e. The van der Waals surface area contributed by atoms with Crippen LogP contribution in [0.2, 0.25) is 0 Å². The average molecular weight is 408 g/mol. The Morgan fingerprint density at radius 2 is 1.96 bits per heavy atom. The second kappa shape index (κ2) is 10.00. The van der Waals surface area contributed by atoms with E-state index in [2.05, 4.69) is 5.16 Å². The van der Waals surface area contributed by atoms with Crippen molar-refractivity contribution in [3.8, 4) is 5.75 Å². The summed E-state index contributed by atoms with van der Waals surface area (Å²) in [7, 11) is 0. The van der Waals surface area contributed by atoms with Crippen molar-refractivity contribution in [2.24, 2.45) is 5.16 Å². The molecule has 0 atom stereocenters. The van der Waals surface area contributed by atoms with Crippen LogP contribution in [-0.4, -0.2) is 23.4 Å². The SMILES string of the molecule is CCON=C(C(=O)O)c1ccccc1COc1ccc(C=C(Cl)Cl)cc1C. The third-order valence-corrected chi connectivity index (χ3v) is 3.84. The molecule has 0 heterocycles. The fraction of sp³-hybridized carbons (Fsp3) is 0.200. The second-order valence-corrected chi connectivity index (χ2v) is 6.58. The lowest BCUT2D eigenvalue weighted by atomic mass is 10.0. The van der Waals surface area contributed by atoms with Gasteiger partial charge in [0.05, 0.1) is 0 Å². The van der Waals surface area contributed by atoms with E-state index in [1.54, 1.807) is 31.2 Å². The van der Waals surface area contributed by atoms with Crippen molar-refractivity contribution in [1.29, 1.82) is 0 Å². The topological polar surface area (TPSA) is 68.1 Å². The minimum absolute atomic E-state index is 0.162. The number of ether oxygens (including phenoxy) is 1. The third-order valence-electron chi connectivity index (χ3n) is 3.62. The maximum absolute atomic E-state index is 11.5. The summed E-state index contributed by atoms with van der Waals surface area (Å²) in [5.74, 6) is -0.493. The van der Waals surface area contributed by atoms with Crippen molar-refractivity contribution in [1.82, 2.24) is 0 Å². The van der Waals surface area contributed by atoms with E-state index in [1.807, 2.05) is 31.2 Å². The molecular formula is C20H19Cl2NO4. The van der Waals surface area contributed by atoms with E-state index in [4.69, 9.17) is 32.8 Å². The number of benzene rings is 2. The fourth-order valence-electron chi connectivity index (χ4n) is 2.42. The van der Waals surface area contributed by atoms with Crippen LogP contribution in [-0.2, 0) is 16.2 Å². The Labute approximate surface area is 167 Å². The van der Waals surface area contributed by atoms with Gasteiger partial charge in [-0.15, -0.1) is 0 Å². The lowest BCUT2D eigenvalue weighted by Gasteiger charge is -2.13. The van der Waals surface area contributed by atoms with Crippen LogP contribution in [0.4, 0.5) is 0 Å². The van der Waals surface area contributed by atoms with Gasteiger partial charge in [0.15, 0.2) is 5.71 Å². The Bertz CT molecular complexity index is 874. The number of halogens is 2. The van der Waals surface area contributed by atoms with Gasteiger partial charge in [0.2, 0.25) is 0 Å². The predicted octanol–water partition coefficient (Wildman–Crippen LogP) is 5.18. The van der Waals surface area contributed by atoms with Crippen LogP contribution < -0.4 is 4.74 Å². The first-order valence-electron chi connectivity index (χ1n) is 8.20. The van der Waals surface area contributed by atoms with Crippen molar-refractivity contribution in [2.75, 3.05) is 6.61 Å². The zero-order chi connectivity index (χ0) is 19.8. The van der Waals surface area contributed by atoms with E-state index >= 15 is 0 Å². The highest BCUT2D eigenvalue weighted by Crippen LogP contribution is 2.24. The molecule has 2 aromatic carbocycles. The van der Waals surface area contributed by atoms with Crippen molar-refractivity contribution in [3.05, 3.63) is 69.2 Å². The third kappa shape index (κ3) is 6.01. The van der Waals surface area contributed by atoms with Crippen LogP contribution in [0, 0.1) is 6.92 Å². The molecule has 0 saturated carbocycles. The van der Waals surface area contributed by atoms with E-state index in [0.29, 0.717) is 16.9 Å². The van der Waals surface area contributed by atoms with Gasteiger partial charge in [-0.2, -0.15) is 0 Å². The first-order chi connectivity index (χ1) is 12.9. The van der Waals surface area contributed by atoms with E-state index < -0.39 is 5.97 Å². The summed E-state index contributed by atoms with van der Waals surface area (Å²) in [5, 5.41) is 13.1. The number of aryl methyl sites for hydroxylation is 1. The van der Waals surface area contributed by atoms with E-state index in [-0.39, 0.29) is 23.4 Å². The lowest BCUT2D eigenvalue weighted by molar-refractivity contribution is -0.129. The summed E-state index contributed by atoms with van der Waals surface area (Å²) in [6.45, 7) is 4.10. The zero-order valence-electron chi connectivity index (χ0n) is 14.9. The van der Waals surface area contributed by atoms with Gasteiger partial charge >= 0.3 is 5.97 Å². The van der Waals surface area contributed by atoms with E-state index in [0.717, 1.165) is 11.1 Å². The summed E-state index contributed by atoms with van der Waals surface area (Å²) >= 11 is 11.4. The number of hydrogen-bond donors (Lipinski definition) is 1. The van der Waals surface area contributed by atoms with Crippen molar-refractivity contribution in [3.63, 3.8) is 0 Å². The molecule has 142 valence electrons. The minimum Gasteiger partial charge on any atom is -0.489 e. The molecule has 0 radical (unpaired) electrons. The molecule has 0 spiro atoms. The number of aliphatic carboxylic acids is 1. The Morgan fingerprint density at radius 1 is 1.22 bits per heavy atom. The number of carboxylic acid groups (broad SMARTS) is 1. The van der Waals surface area contributed by atoms with Gasteiger partial charge in [-0.1, -0.05) is 58.7 Å². The summed E-state index contributed by atoms with van der Waals surface area (Å²) in [6.07, 6.45) is 1.64. The Morgan fingerprint density at radius 3 is 2.59 bits per heavy atom. The minimum atomic E-state index is -1.17. The molecule has 7 heteroatoms. The van der Waals surface area contributed by atoms with Gasteiger partial charge in [0.25, 0.3) is 0 Å². The molecule has 0 fully saturated rings. The summed E-state index contributed by atoms with van der Waals surface area (Å²) in [4.78, 5) is 16.5. The van der Waals surface area contributed by atoms with Crippen molar-refractivity contribution in [2.45, 2.75) is 20.5 Å². The Hall–Kier alpha value is -2.50. The Balaban J connectivity index is 2.24. The molecule has 0 aromatic heterocycles. The molecular weight excluding hydrogens is 389 g/mol. The fourth-order valence-corrected chi connectivity index (χ4v) is 2.67. The van der Waals surface area contributed by atoms with Gasteiger partial charge in [-0.05, 0) is 48.7 Å². The summed E-state index contributed by atoms with van der Waals surface area (Å²) in [6, 6.07) is 12.6. The van der Waals surface area contributed by atoms with Crippen LogP contribution in [0.1, 0.15) is 29.2 Å². The van der Waals surface area contributed by atoms with Crippen LogP contribution >= 0.6 is 23.2 Å². The maximum Gasteiger partial charge on any atom is 0.358 e. The molecule has 1 N–H and O–H groups in total. The monoisotopic (exact) mass is 407 g/mol. The van der Waals surface area contributed by atoms with Gasteiger partial charge in [-0.25, -0.2) is 4.79 Å². The lowest BCUT2D eigenvalue weighted by Crippen LogP contribution is -2.18. The first-order valence-corrected chi connectivity index (χ1v) is 8.95. The number of carbonyl (C=O) groups is 1. The molecule has 0 unspecified atom stereocenters. The molecule has 0 aliphatic rings. The summed E-state index contributed by atoms with van der Waals surface area (Å²) in [5.41, 5.74) is 2.73. The quantitative estimate of drug-likeness (QED) is 0.483. The van der Waals surface area contributed by atoms with Crippen LogP contribution in [0.25, 0.3) is 6.08 Å². The first kappa shape index (κ1) is 20.8.